The van der Waals surface area contributed by atoms with Gasteiger partial charge in [0.25, 0.3) is 0 Å². The van der Waals surface area contributed by atoms with Crippen LogP contribution in [-0.4, -0.2) is 50.5 Å². The molecule has 0 bridgehead atoms. The summed E-state index contributed by atoms with van der Waals surface area (Å²) in [4.78, 5) is 29.0. The number of fused-ring (bicyclic) bond motifs is 1. The summed E-state index contributed by atoms with van der Waals surface area (Å²) >= 11 is 3.41. The van der Waals surface area contributed by atoms with Crippen molar-refractivity contribution < 1.29 is 18.0 Å². The first-order valence-electron chi connectivity index (χ1n) is 11.4. The van der Waals surface area contributed by atoms with Crippen LogP contribution in [0.2, 0.25) is 0 Å². The standard InChI is InChI=1S/C23H33BrN2O4S/c1-3-5-11-25(12-6-4-2)22(27)10-14-31(29,30)21-16-20-18(15-19(21)24)9-13-26(20)23(28)17-7-8-17/h15-17H,3-14H2,1-2H3. The van der Waals surface area contributed by atoms with Crippen LogP contribution in [0.1, 0.15) is 64.4 Å². The fraction of sp³-hybridized carbons (Fsp3) is 0.652. The van der Waals surface area contributed by atoms with E-state index in [1.54, 1.807) is 15.9 Å². The van der Waals surface area contributed by atoms with E-state index in [1.807, 2.05) is 6.07 Å². The van der Waals surface area contributed by atoms with Crippen LogP contribution in [-0.2, 0) is 25.8 Å². The molecule has 0 atom stereocenters. The van der Waals surface area contributed by atoms with Crippen LogP contribution in [0.15, 0.2) is 21.5 Å². The molecular weight excluding hydrogens is 480 g/mol. The van der Waals surface area contributed by atoms with Crippen molar-refractivity contribution in [2.75, 3.05) is 30.3 Å². The van der Waals surface area contributed by atoms with Gasteiger partial charge in [-0.25, -0.2) is 8.42 Å². The zero-order valence-corrected chi connectivity index (χ0v) is 20.9. The number of hydrogen-bond acceptors (Lipinski definition) is 4. The lowest BCUT2D eigenvalue weighted by molar-refractivity contribution is -0.131. The van der Waals surface area contributed by atoms with E-state index in [4.69, 9.17) is 0 Å². The summed E-state index contributed by atoms with van der Waals surface area (Å²) in [5.74, 6) is -0.144. The topological polar surface area (TPSA) is 74.8 Å². The Labute approximate surface area is 194 Å². The van der Waals surface area contributed by atoms with Gasteiger partial charge in [0, 0.05) is 42.1 Å². The number of anilines is 1. The van der Waals surface area contributed by atoms with Gasteiger partial charge in [-0.3, -0.25) is 9.59 Å². The highest BCUT2D eigenvalue weighted by molar-refractivity contribution is 9.10. The zero-order chi connectivity index (χ0) is 22.6. The van der Waals surface area contributed by atoms with Crippen molar-refractivity contribution in [3.05, 3.63) is 22.2 Å². The van der Waals surface area contributed by atoms with Gasteiger partial charge in [0.15, 0.2) is 9.84 Å². The first-order valence-corrected chi connectivity index (χ1v) is 13.9. The van der Waals surface area contributed by atoms with Gasteiger partial charge in [-0.15, -0.1) is 0 Å². The van der Waals surface area contributed by atoms with E-state index in [0.29, 0.717) is 29.8 Å². The van der Waals surface area contributed by atoms with Crippen molar-refractivity contribution in [2.24, 2.45) is 5.92 Å². The Balaban J connectivity index is 1.73. The number of amides is 2. The van der Waals surface area contributed by atoms with Gasteiger partial charge in [0.05, 0.1) is 10.6 Å². The minimum absolute atomic E-state index is 0.0238. The van der Waals surface area contributed by atoms with E-state index >= 15 is 0 Å². The number of rotatable bonds is 11. The number of unbranched alkanes of at least 4 members (excludes halogenated alkanes) is 2. The van der Waals surface area contributed by atoms with E-state index in [1.165, 1.54) is 0 Å². The van der Waals surface area contributed by atoms with Crippen LogP contribution in [0, 0.1) is 5.92 Å². The fourth-order valence-electron chi connectivity index (χ4n) is 3.95. The molecule has 6 nitrogen and oxygen atoms in total. The maximum Gasteiger partial charge on any atom is 0.230 e. The summed E-state index contributed by atoms with van der Waals surface area (Å²) in [5, 5.41) is 0. The quantitative estimate of drug-likeness (QED) is 0.441. The Hall–Kier alpha value is -1.41. The highest BCUT2D eigenvalue weighted by atomic mass is 79.9. The van der Waals surface area contributed by atoms with Crippen LogP contribution < -0.4 is 4.90 Å². The van der Waals surface area contributed by atoms with Gasteiger partial charge in [-0.1, -0.05) is 26.7 Å². The Morgan fingerprint density at radius 1 is 1.13 bits per heavy atom. The van der Waals surface area contributed by atoms with E-state index in [0.717, 1.165) is 50.5 Å². The molecule has 2 amide bonds. The molecule has 1 saturated carbocycles. The summed E-state index contributed by atoms with van der Waals surface area (Å²) in [6, 6.07) is 3.44. The SMILES string of the molecule is CCCCN(CCCC)C(=O)CCS(=O)(=O)c1cc2c(cc1Br)CCN2C(=O)C1CC1. The summed E-state index contributed by atoms with van der Waals surface area (Å²) in [6.45, 7) is 6.11. The minimum Gasteiger partial charge on any atom is -0.343 e. The largest absolute Gasteiger partial charge is 0.343 e. The molecule has 172 valence electrons. The van der Waals surface area contributed by atoms with Crippen LogP contribution in [0.25, 0.3) is 0 Å². The highest BCUT2D eigenvalue weighted by Gasteiger charge is 2.37. The molecule has 3 rings (SSSR count). The van der Waals surface area contributed by atoms with Crippen molar-refractivity contribution in [1.29, 1.82) is 0 Å². The fourth-order valence-corrected chi connectivity index (χ4v) is 6.40. The van der Waals surface area contributed by atoms with E-state index in [2.05, 4.69) is 29.8 Å². The lowest BCUT2D eigenvalue weighted by Crippen LogP contribution is -2.34. The summed E-state index contributed by atoms with van der Waals surface area (Å²) < 4.78 is 26.8. The van der Waals surface area contributed by atoms with Crippen molar-refractivity contribution in [3.8, 4) is 0 Å². The number of benzene rings is 1. The van der Waals surface area contributed by atoms with E-state index in [9.17, 15) is 18.0 Å². The Morgan fingerprint density at radius 3 is 2.35 bits per heavy atom. The molecule has 1 aromatic carbocycles. The van der Waals surface area contributed by atoms with Gasteiger partial charge in [0.2, 0.25) is 11.8 Å². The predicted octanol–water partition coefficient (Wildman–Crippen LogP) is 4.34. The van der Waals surface area contributed by atoms with Gasteiger partial charge in [-0.05, 0) is 65.7 Å². The molecule has 0 radical (unpaired) electrons. The van der Waals surface area contributed by atoms with Gasteiger partial charge in [0.1, 0.15) is 0 Å². The molecule has 31 heavy (non-hydrogen) atoms. The second-order valence-electron chi connectivity index (χ2n) is 8.58. The monoisotopic (exact) mass is 512 g/mol. The van der Waals surface area contributed by atoms with Crippen LogP contribution in [0.4, 0.5) is 5.69 Å². The normalized spacial score (nSPS) is 15.8. The van der Waals surface area contributed by atoms with Gasteiger partial charge >= 0.3 is 0 Å². The predicted molar refractivity (Wildman–Crippen MR) is 126 cm³/mol. The minimum atomic E-state index is -3.67. The molecule has 0 unspecified atom stereocenters. The van der Waals surface area contributed by atoms with Crippen molar-refractivity contribution >= 4 is 43.3 Å². The number of sulfone groups is 1. The third kappa shape index (κ3) is 5.89. The number of nitrogens with zero attached hydrogens (tertiary/aromatic N) is 2. The number of carbonyl (C=O) groups is 2. The summed E-state index contributed by atoms with van der Waals surface area (Å²) in [5.41, 5.74) is 1.69. The molecule has 0 aromatic heterocycles. The average molecular weight is 513 g/mol. The molecule has 0 spiro atoms. The molecule has 1 aliphatic carbocycles. The lowest BCUT2D eigenvalue weighted by Gasteiger charge is -2.22. The molecule has 0 N–H and O–H groups in total. The second-order valence-corrected chi connectivity index (χ2v) is 11.5. The average Bonchev–Trinajstić information content (AvgIpc) is 3.51. The van der Waals surface area contributed by atoms with Gasteiger partial charge < -0.3 is 9.80 Å². The lowest BCUT2D eigenvalue weighted by atomic mass is 10.2. The number of halogens is 1. The van der Waals surface area contributed by atoms with E-state index < -0.39 is 9.84 Å². The third-order valence-electron chi connectivity index (χ3n) is 6.06. The van der Waals surface area contributed by atoms with Crippen molar-refractivity contribution in [3.63, 3.8) is 0 Å². The number of carbonyl (C=O) groups excluding carboxylic acids is 2. The Bertz CT molecular complexity index is 920. The van der Waals surface area contributed by atoms with Crippen LogP contribution in [0.5, 0.6) is 0 Å². The van der Waals surface area contributed by atoms with Gasteiger partial charge in [-0.2, -0.15) is 0 Å². The molecule has 1 aromatic rings. The van der Waals surface area contributed by atoms with Crippen LogP contribution in [0.3, 0.4) is 0 Å². The van der Waals surface area contributed by atoms with Crippen molar-refractivity contribution in [1.82, 2.24) is 4.90 Å². The molecule has 8 heteroatoms. The number of hydrogen-bond donors (Lipinski definition) is 0. The maximum absolute atomic E-state index is 13.1. The molecule has 0 saturated heterocycles. The maximum atomic E-state index is 13.1. The van der Waals surface area contributed by atoms with E-state index in [-0.39, 0.29) is 34.8 Å². The molecule has 2 aliphatic rings. The molecule has 1 fully saturated rings. The highest BCUT2D eigenvalue weighted by Crippen LogP contribution is 2.39. The first kappa shape index (κ1) is 24.2. The summed E-state index contributed by atoms with van der Waals surface area (Å²) in [6.07, 6.45) is 6.37. The third-order valence-corrected chi connectivity index (χ3v) is 8.72. The van der Waals surface area contributed by atoms with Crippen LogP contribution >= 0.6 is 15.9 Å². The van der Waals surface area contributed by atoms with Crippen molar-refractivity contribution in [2.45, 2.75) is 70.1 Å². The molecule has 1 heterocycles. The first-order chi connectivity index (χ1) is 14.8. The molecule has 1 aliphatic heterocycles. The Morgan fingerprint density at radius 2 is 1.77 bits per heavy atom. The summed E-state index contributed by atoms with van der Waals surface area (Å²) in [7, 11) is -3.67. The Kier molecular flexibility index (Phi) is 8.19. The smallest absolute Gasteiger partial charge is 0.230 e. The molecular formula is C23H33BrN2O4S. The zero-order valence-electron chi connectivity index (χ0n) is 18.5. The second kappa shape index (κ2) is 10.5.